The van der Waals surface area contributed by atoms with Gasteiger partial charge in [-0.25, -0.2) is 0 Å². The SMILES string of the molecule is O=C(c1cnc2ccccc2c1)C1CC2CCC(C1)N2Cc1ccccc1. The zero-order valence-electron chi connectivity index (χ0n) is 15.4. The van der Waals surface area contributed by atoms with Gasteiger partial charge in [0.2, 0.25) is 0 Å². The number of ketones is 1. The largest absolute Gasteiger partial charge is 0.294 e. The molecule has 3 heterocycles. The summed E-state index contributed by atoms with van der Waals surface area (Å²) in [6, 6.07) is 21.8. The molecule has 0 saturated carbocycles. The molecular formula is C24H24N2O. The van der Waals surface area contributed by atoms with Crippen molar-refractivity contribution in [1.82, 2.24) is 9.88 Å². The zero-order valence-corrected chi connectivity index (χ0v) is 15.4. The number of hydrogen-bond acceptors (Lipinski definition) is 3. The first kappa shape index (κ1) is 16.6. The predicted molar refractivity (Wildman–Crippen MR) is 108 cm³/mol. The third-order valence-corrected chi connectivity index (χ3v) is 6.34. The molecule has 3 heteroatoms. The topological polar surface area (TPSA) is 33.2 Å². The first-order valence-corrected chi connectivity index (χ1v) is 9.96. The molecule has 0 amide bonds. The third-order valence-electron chi connectivity index (χ3n) is 6.34. The minimum Gasteiger partial charge on any atom is -0.294 e. The second-order valence-electron chi connectivity index (χ2n) is 7.99. The molecule has 27 heavy (non-hydrogen) atoms. The first-order chi connectivity index (χ1) is 13.3. The van der Waals surface area contributed by atoms with Gasteiger partial charge in [-0.2, -0.15) is 0 Å². The Labute approximate surface area is 160 Å². The molecule has 3 nitrogen and oxygen atoms in total. The number of carbonyl (C=O) groups excluding carboxylic acids is 1. The van der Waals surface area contributed by atoms with Crippen molar-refractivity contribution in [3.63, 3.8) is 0 Å². The number of rotatable bonds is 4. The van der Waals surface area contributed by atoms with Crippen molar-refractivity contribution in [3.8, 4) is 0 Å². The van der Waals surface area contributed by atoms with Crippen molar-refractivity contribution in [3.05, 3.63) is 78.0 Å². The van der Waals surface area contributed by atoms with Gasteiger partial charge in [-0.3, -0.25) is 14.7 Å². The number of benzene rings is 2. The van der Waals surface area contributed by atoms with Gasteiger partial charge >= 0.3 is 0 Å². The van der Waals surface area contributed by atoms with Crippen molar-refractivity contribution in [1.29, 1.82) is 0 Å². The number of pyridine rings is 1. The van der Waals surface area contributed by atoms with Gasteiger partial charge in [0.1, 0.15) is 0 Å². The molecule has 136 valence electrons. The van der Waals surface area contributed by atoms with Crippen LogP contribution in [0.1, 0.15) is 41.6 Å². The molecule has 2 aromatic carbocycles. The van der Waals surface area contributed by atoms with E-state index in [1.165, 1.54) is 18.4 Å². The number of hydrogen-bond donors (Lipinski definition) is 0. The van der Waals surface area contributed by atoms with Crippen LogP contribution in [0.4, 0.5) is 0 Å². The van der Waals surface area contributed by atoms with Crippen LogP contribution in [0.5, 0.6) is 0 Å². The smallest absolute Gasteiger partial charge is 0.167 e. The van der Waals surface area contributed by atoms with E-state index >= 15 is 0 Å². The molecule has 3 aromatic rings. The quantitative estimate of drug-likeness (QED) is 0.626. The second kappa shape index (κ2) is 6.90. The van der Waals surface area contributed by atoms with Crippen molar-refractivity contribution in [2.24, 2.45) is 5.92 Å². The van der Waals surface area contributed by atoms with E-state index in [1.807, 2.05) is 30.3 Å². The van der Waals surface area contributed by atoms with Crippen molar-refractivity contribution < 1.29 is 4.79 Å². The zero-order chi connectivity index (χ0) is 18.2. The Bertz CT molecular complexity index is 954. The Morgan fingerprint density at radius 2 is 1.67 bits per heavy atom. The van der Waals surface area contributed by atoms with Crippen LogP contribution in [-0.2, 0) is 6.54 Å². The van der Waals surface area contributed by atoms with Crippen LogP contribution in [0.25, 0.3) is 10.9 Å². The number of piperidine rings is 1. The summed E-state index contributed by atoms with van der Waals surface area (Å²) in [5.74, 6) is 0.419. The summed E-state index contributed by atoms with van der Waals surface area (Å²) in [6.45, 7) is 1.01. The number of nitrogens with zero attached hydrogens (tertiary/aromatic N) is 2. The molecule has 2 unspecified atom stereocenters. The van der Waals surface area contributed by atoms with E-state index in [-0.39, 0.29) is 11.7 Å². The standard InChI is InChI=1S/C24H24N2O/c27-24(20-12-18-8-4-5-9-23(18)25-15-20)19-13-21-10-11-22(14-19)26(21)16-17-6-2-1-3-7-17/h1-9,12,15,19,21-22H,10-11,13-14,16H2. The van der Waals surface area contributed by atoms with E-state index in [1.54, 1.807) is 6.20 Å². The average molecular weight is 356 g/mol. The van der Waals surface area contributed by atoms with Crippen LogP contribution < -0.4 is 0 Å². The molecule has 2 bridgehead atoms. The summed E-state index contributed by atoms with van der Waals surface area (Å²) >= 11 is 0. The lowest BCUT2D eigenvalue weighted by Crippen LogP contribution is -2.44. The van der Waals surface area contributed by atoms with Gasteiger partial charge in [0.25, 0.3) is 0 Å². The maximum atomic E-state index is 13.2. The van der Waals surface area contributed by atoms with Gasteiger partial charge in [0, 0.05) is 41.7 Å². The molecule has 2 atom stereocenters. The van der Waals surface area contributed by atoms with Crippen LogP contribution in [-0.4, -0.2) is 27.8 Å². The highest BCUT2D eigenvalue weighted by atomic mass is 16.1. The summed E-state index contributed by atoms with van der Waals surface area (Å²) in [5, 5.41) is 1.05. The molecule has 2 aliphatic rings. The van der Waals surface area contributed by atoms with E-state index in [0.29, 0.717) is 12.1 Å². The molecule has 2 aliphatic heterocycles. The van der Waals surface area contributed by atoms with E-state index in [4.69, 9.17) is 0 Å². The molecule has 0 N–H and O–H groups in total. The third kappa shape index (κ3) is 3.17. The van der Waals surface area contributed by atoms with Gasteiger partial charge in [0.05, 0.1) is 5.52 Å². The average Bonchev–Trinajstić information content (AvgIpc) is 2.95. The maximum Gasteiger partial charge on any atom is 0.167 e. The predicted octanol–water partition coefficient (Wildman–Crippen LogP) is 4.86. The summed E-state index contributed by atoms with van der Waals surface area (Å²) in [6.07, 6.45) is 6.17. The lowest BCUT2D eigenvalue weighted by molar-refractivity contribution is 0.0678. The summed E-state index contributed by atoms with van der Waals surface area (Å²) in [4.78, 5) is 20.3. The number of fused-ring (bicyclic) bond motifs is 3. The number of aromatic nitrogens is 1. The molecule has 5 rings (SSSR count). The van der Waals surface area contributed by atoms with Gasteiger partial charge in [-0.05, 0) is 43.4 Å². The first-order valence-electron chi connectivity index (χ1n) is 9.96. The van der Waals surface area contributed by atoms with Gasteiger partial charge in [0.15, 0.2) is 5.78 Å². The summed E-state index contributed by atoms with van der Waals surface area (Å²) in [7, 11) is 0. The van der Waals surface area contributed by atoms with Crippen LogP contribution in [0, 0.1) is 5.92 Å². The Hall–Kier alpha value is -2.52. The highest BCUT2D eigenvalue weighted by Crippen LogP contribution is 2.40. The minimum absolute atomic E-state index is 0.137. The van der Waals surface area contributed by atoms with E-state index in [0.717, 1.165) is 35.9 Å². The van der Waals surface area contributed by atoms with E-state index < -0.39 is 0 Å². The van der Waals surface area contributed by atoms with Crippen molar-refractivity contribution in [2.75, 3.05) is 0 Å². The fourth-order valence-electron chi connectivity index (χ4n) is 4.98. The Balaban J connectivity index is 1.33. The fraction of sp³-hybridized carbons (Fsp3) is 0.333. The normalized spacial score (nSPS) is 25.0. The Morgan fingerprint density at radius 1 is 0.963 bits per heavy atom. The lowest BCUT2D eigenvalue weighted by atomic mass is 9.84. The van der Waals surface area contributed by atoms with Crippen molar-refractivity contribution in [2.45, 2.75) is 44.3 Å². The highest BCUT2D eigenvalue weighted by molar-refractivity contribution is 6.00. The van der Waals surface area contributed by atoms with Crippen molar-refractivity contribution >= 4 is 16.7 Å². The minimum atomic E-state index is 0.137. The molecule has 0 radical (unpaired) electrons. The van der Waals surface area contributed by atoms with Gasteiger partial charge in [-0.15, -0.1) is 0 Å². The molecule has 2 fully saturated rings. The monoisotopic (exact) mass is 356 g/mol. The number of para-hydroxylation sites is 1. The number of carbonyl (C=O) groups is 1. The molecule has 0 aliphatic carbocycles. The highest BCUT2D eigenvalue weighted by Gasteiger charge is 2.42. The van der Waals surface area contributed by atoms with Crippen LogP contribution >= 0.6 is 0 Å². The molecular weight excluding hydrogens is 332 g/mol. The Morgan fingerprint density at radius 3 is 2.44 bits per heavy atom. The Kier molecular flexibility index (Phi) is 4.25. The molecule has 0 spiro atoms. The maximum absolute atomic E-state index is 13.2. The summed E-state index contributed by atoms with van der Waals surface area (Å²) < 4.78 is 0. The van der Waals surface area contributed by atoms with Crippen LogP contribution in [0.2, 0.25) is 0 Å². The van der Waals surface area contributed by atoms with Crippen LogP contribution in [0.15, 0.2) is 66.9 Å². The second-order valence-corrected chi connectivity index (χ2v) is 7.99. The lowest BCUT2D eigenvalue weighted by Gasteiger charge is -2.38. The van der Waals surface area contributed by atoms with Gasteiger partial charge in [-0.1, -0.05) is 48.5 Å². The van der Waals surface area contributed by atoms with Gasteiger partial charge < -0.3 is 0 Å². The van der Waals surface area contributed by atoms with E-state index in [2.05, 4.69) is 40.2 Å². The molecule has 1 aromatic heterocycles. The van der Waals surface area contributed by atoms with E-state index in [9.17, 15) is 4.79 Å². The van der Waals surface area contributed by atoms with Crippen LogP contribution in [0.3, 0.4) is 0 Å². The summed E-state index contributed by atoms with van der Waals surface area (Å²) in [5.41, 5.74) is 3.10. The number of Topliss-reactive ketones (excluding diaryl/α,β-unsaturated/α-hetero) is 1. The fourth-order valence-corrected chi connectivity index (χ4v) is 4.98. The molecule has 2 saturated heterocycles.